The Labute approximate surface area is 104 Å². The summed E-state index contributed by atoms with van der Waals surface area (Å²) in [6.45, 7) is 1.36. The lowest BCUT2D eigenvalue weighted by Gasteiger charge is -2.20. The van der Waals surface area contributed by atoms with Crippen molar-refractivity contribution in [2.24, 2.45) is 11.1 Å². The van der Waals surface area contributed by atoms with Crippen molar-refractivity contribution >= 4 is 23.6 Å². The predicted molar refractivity (Wildman–Crippen MR) is 66.7 cm³/mol. The first kappa shape index (κ1) is 13.6. The Kier molecular flexibility index (Phi) is 4.57. The van der Waals surface area contributed by atoms with E-state index in [4.69, 9.17) is 10.8 Å². The quantitative estimate of drug-likeness (QED) is 0.598. The minimum atomic E-state index is -1.48. The van der Waals surface area contributed by atoms with Crippen LogP contribution in [0.15, 0.2) is 35.2 Å². The van der Waals surface area contributed by atoms with Gasteiger partial charge in [-0.2, -0.15) is 0 Å². The molecule has 0 radical (unpaired) electrons. The van der Waals surface area contributed by atoms with E-state index in [1.807, 2.05) is 30.3 Å². The number of rotatable bonds is 6. The zero-order valence-electron chi connectivity index (χ0n) is 9.55. The Bertz CT molecular complexity index is 391. The highest BCUT2D eigenvalue weighted by molar-refractivity contribution is 7.99. The van der Waals surface area contributed by atoms with Crippen LogP contribution in [-0.4, -0.2) is 22.7 Å². The molecule has 0 aromatic heterocycles. The van der Waals surface area contributed by atoms with Gasteiger partial charge in [-0.3, -0.25) is 9.59 Å². The molecule has 0 bridgehead atoms. The topological polar surface area (TPSA) is 80.4 Å². The number of hydrogen-bond acceptors (Lipinski definition) is 3. The molecule has 0 saturated carbocycles. The van der Waals surface area contributed by atoms with Gasteiger partial charge in [0.2, 0.25) is 5.91 Å². The zero-order valence-corrected chi connectivity index (χ0v) is 10.4. The van der Waals surface area contributed by atoms with Crippen molar-refractivity contribution in [2.45, 2.75) is 18.2 Å². The fourth-order valence-electron chi connectivity index (χ4n) is 1.23. The van der Waals surface area contributed by atoms with Gasteiger partial charge in [0.15, 0.2) is 0 Å². The molecule has 0 aliphatic carbocycles. The summed E-state index contributed by atoms with van der Waals surface area (Å²) in [6, 6.07) is 9.61. The maximum Gasteiger partial charge on any atom is 0.318 e. The Morgan fingerprint density at radius 2 is 1.94 bits per heavy atom. The van der Waals surface area contributed by atoms with Gasteiger partial charge in [-0.15, -0.1) is 11.8 Å². The highest BCUT2D eigenvalue weighted by Crippen LogP contribution is 2.27. The number of nitrogens with two attached hydrogens (primary N) is 1. The van der Waals surface area contributed by atoms with Gasteiger partial charge in [-0.05, 0) is 31.2 Å². The summed E-state index contributed by atoms with van der Waals surface area (Å²) in [5.74, 6) is -1.42. The van der Waals surface area contributed by atoms with Crippen molar-refractivity contribution in [1.82, 2.24) is 0 Å². The normalized spacial score (nSPS) is 13.9. The van der Waals surface area contributed by atoms with Gasteiger partial charge in [-0.25, -0.2) is 0 Å². The summed E-state index contributed by atoms with van der Waals surface area (Å²) in [7, 11) is 0. The van der Waals surface area contributed by atoms with E-state index < -0.39 is 17.3 Å². The molecule has 0 heterocycles. The first-order valence-corrected chi connectivity index (χ1v) is 6.16. The third kappa shape index (κ3) is 3.49. The smallest absolute Gasteiger partial charge is 0.318 e. The molecule has 1 aromatic rings. The third-order valence-corrected chi connectivity index (χ3v) is 3.64. The SMILES string of the molecule is CC(CCSc1ccccc1)(C(N)=O)C(=O)O. The molecule has 92 valence electrons. The number of carbonyl (C=O) groups is 2. The van der Waals surface area contributed by atoms with E-state index in [0.717, 1.165) is 4.90 Å². The number of benzene rings is 1. The molecule has 0 spiro atoms. The van der Waals surface area contributed by atoms with Crippen LogP contribution in [0.5, 0.6) is 0 Å². The predicted octanol–water partition coefficient (Wildman–Crippen LogP) is 1.74. The molecule has 0 fully saturated rings. The van der Waals surface area contributed by atoms with Crippen molar-refractivity contribution < 1.29 is 14.7 Å². The summed E-state index contributed by atoms with van der Waals surface area (Å²) in [6.07, 6.45) is 0.219. The number of carboxylic acid groups (broad SMARTS) is 1. The average molecular weight is 253 g/mol. The maximum absolute atomic E-state index is 11.1. The van der Waals surface area contributed by atoms with Crippen molar-refractivity contribution in [3.05, 3.63) is 30.3 Å². The van der Waals surface area contributed by atoms with Crippen LogP contribution in [0.2, 0.25) is 0 Å². The van der Waals surface area contributed by atoms with E-state index in [2.05, 4.69) is 0 Å². The Balaban J connectivity index is 2.55. The molecule has 0 saturated heterocycles. The second-order valence-corrected chi connectivity index (χ2v) is 5.08. The Morgan fingerprint density at radius 3 is 2.41 bits per heavy atom. The fraction of sp³-hybridized carbons (Fsp3) is 0.333. The molecule has 1 aromatic carbocycles. The number of thioether (sulfide) groups is 1. The lowest BCUT2D eigenvalue weighted by Crippen LogP contribution is -2.41. The van der Waals surface area contributed by atoms with E-state index >= 15 is 0 Å². The van der Waals surface area contributed by atoms with Crippen LogP contribution in [0.3, 0.4) is 0 Å². The van der Waals surface area contributed by atoms with Gasteiger partial charge >= 0.3 is 5.97 Å². The van der Waals surface area contributed by atoms with Crippen LogP contribution in [0.1, 0.15) is 13.3 Å². The van der Waals surface area contributed by atoms with Crippen molar-refractivity contribution in [1.29, 1.82) is 0 Å². The van der Waals surface area contributed by atoms with Crippen molar-refractivity contribution in [3.63, 3.8) is 0 Å². The van der Waals surface area contributed by atoms with Crippen LogP contribution in [-0.2, 0) is 9.59 Å². The molecule has 1 rings (SSSR count). The largest absolute Gasteiger partial charge is 0.480 e. The lowest BCUT2D eigenvalue weighted by molar-refractivity contribution is -0.153. The number of hydrogen-bond donors (Lipinski definition) is 2. The molecule has 0 aliphatic rings. The van der Waals surface area contributed by atoms with Gasteiger partial charge < -0.3 is 10.8 Å². The van der Waals surface area contributed by atoms with E-state index in [0.29, 0.717) is 5.75 Å². The molecule has 4 nitrogen and oxygen atoms in total. The molecule has 1 unspecified atom stereocenters. The zero-order chi connectivity index (χ0) is 12.9. The molecule has 1 amide bonds. The highest BCUT2D eigenvalue weighted by atomic mass is 32.2. The third-order valence-electron chi connectivity index (χ3n) is 2.63. The summed E-state index contributed by atoms with van der Waals surface area (Å²) in [5, 5.41) is 8.99. The van der Waals surface area contributed by atoms with Crippen LogP contribution in [0.25, 0.3) is 0 Å². The minimum Gasteiger partial charge on any atom is -0.480 e. The van der Waals surface area contributed by atoms with Crippen molar-refractivity contribution in [3.8, 4) is 0 Å². The van der Waals surface area contributed by atoms with Crippen LogP contribution in [0.4, 0.5) is 0 Å². The van der Waals surface area contributed by atoms with Crippen LogP contribution >= 0.6 is 11.8 Å². The lowest BCUT2D eigenvalue weighted by atomic mass is 9.87. The van der Waals surface area contributed by atoms with E-state index in [1.165, 1.54) is 18.7 Å². The van der Waals surface area contributed by atoms with Crippen LogP contribution < -0.4 is 5.73 Å². The molecular weight excluding hydrogens is 238 g/mol. The highest BCUT2D eigenvalue weighted by Gasteiger charge is 2.38. The summed E-state index contributed by atoms with van der Waals surface area (Å²) in [4.78, 5) is 23.2. The first-order valence-electron chi connectivity index (χ1n) is 5.18. The molecule has 5 heteroatoms. The summed E-state index contributed by atoms with van der Waals surface area (Å²) >= 11 is 1.51. The minimum absolute atomic E-state index is 0.219. The number of aliphatic carboxylic acids is 1. The monoisotopic (exact) mass is 253 g/mol. The number of carbonyl (C=O) groups excluding carboxylic acids is 1. The maximum atomic E-state index is 11.1. The average Bonchev–Trinajstić information content (AvgIpc) is 2.29. The number of primary amides is 1. The van der Waals surface area contributed by atoms with Crippen molar-refractivity contribution in [2.75, 3.05) is 5.75 Å². The second kappa shape index (κ2) is 5.72. The second-order valence-electron chi connectivity index (χ2n) is 3.91. The Morgan fingerprint density at radius 1 is 1.35 bits per heavy atom. The van der Waals surface area contributed by atoms with Gasteiger partial charge in [0.1, 0.15) is 5.41 Å². The van der Waals surface area contributed by atoms with Gasteiger partial charge in [0.05, 0.1) is 0 Å². The Hall–Kier alpha value is -1.49. The van der Waals surface area contributed by atoms with Gasteiger partial charge in [-0.1, -0.05) is 18.2 Å². The standard InChI is InChI=1S/C12H15NO3S/c1-12(10(13)14,11(15)16)7-8-17-9-5-3-2-4-6-9/h2-6H,7-8H2,1H3,(H2,13,14)(H,15,16). The van der Waals surface area contributed by atoms with E-state index in [1.54, 1.807) is 0 Å². The molecular formula is C12H15NO3S. The fourth-order valence-corrected chi connectivity index (χ4v) is 2.32. The number of amides is 1. The summed E-state index contributed by atoms with van der Waals surface area (Å²) in [5.41, 5.74) is 3.64. The van der Waals surface area contributed by atoms with E-state index in [9.17, 15) is 9.59 Å². The van der Waals surface area contributed by atoms with Gasteiger partial charge in [0, 0.05) is 4.90 Å². The molecule has 17 heavy (non-hydrogen) atoms. The first-order chi connectivity index (χ1) is 7.97. The van der Waals surface area contributed by atoms with Gasteiger partial charge in [0.25, 0.3) is 0 Å². The molecule has 3 N–H and O–H groups in total. The molecule has 1 atom stereocenters. The summed E-state index contributed by atoms with van der Waals surface area (Å²) < 4.78 is 0. The molecule has 0 aliphatic heterocycles. The number of carboxylic acids is 1. The van der Waals surface area contributed by atoms with E-state index in [-0.39, 0.29) is 6.42 Å². The van der Waals surface area contributed by atoms with Crippen LogP contribution in [0, 0.1) is 5.41 Å².